The molecule has 0 N–H and O–H groups in total. The van der Waals surface area contributed by atoms with Gasteiger partial charge in [0.2, 0.25) is 5.91 Å². The Hall–Kier alpha value is -2.95. The molecule has 1 heterocycles. The summed E-state index contributed by atoms with van der Waals surface area (Å²) in [7, 11) is 0. The van der Waals surface area contributed by atoms with Crippen LogP contribution >= 0.6 is 0 Å². The molecular weight excluding hydrogens is 307 g/mol. The van der Waals surface area contributed by atoms with Crippen molar-refractivity contribution >= 4 is 28.8 Å². The number of likely N-dealkylation sites (N-methyl/N-ethyl adjacent to an activating group) is 1. The highest BCUT2D eigenvalue weighted by Crippen LogP contribution is 2.22. The summed E-state index contributed by atoms with van der Waals surface area (Å²) in [4.78, 5) is 25.6. The second-order valence-electron chi connectivity index (χ2n) is 5.47. The van der Waals surface area contributed by atoms with E-state index in [-0.39, 0.29) is 12.5 Å². The molecular formula is C19H17FN2O2. The van der Waals surface area contributed by atoms with Crippen molar-refractivity contribution in [2.75, 3.05) is 11.4 Å². The number of amides is 1. The second kappa shape index (κ2) is 6.66. The molecule has 2 aromatic carbocycles. The summed E-state index contributed by atoms with van der Waals surface area (Å²) in [5, 5.41) is 0.514. The number of aldehydes is 1. The van der Waals surface area contributed by atoms with Crippen molar-refractivity contribution in [3.8, 4) is 0 Å². The number of rotatable bonds is 5. The lowest BCUT2D eigenvalue weighted by atomic mass is 10.2. The van der Waals surface area contributed by atoms with E-state index in [1.54, 1.807) is 21.7 Å². The van der Waals surface area contributed by atoms with Gasteiger partial charge in [0.1, 0.15) is 12.4 Å². The average Bonchev–Trinajstić information content (AvgIpc) is 2.93. The third-order valence-electron chi connectivity index (χ3n) is 3.99. The number of benzene rings is 2. The van der Waals surface area contributed by atoms with Crippen LogP contribution < -0.4 is 4.90 Å². The number of halogens is 1. The van der Waals surface area contributed by atoms with E-state index >= 15 is 0 Å². The minimum Gasteiger partial charge on any atom is -0.337 e. The van der Waals surface area contributed by atoms with Crippen molar-refractivity contribution in [1.29, 1.82) is 0 Å². The lowest BCUT2D eigenvalue weighted by molar-refractivity contribution is -0.119. The molecule has 1 amide bonds. The number of hydrogen-bond acceptors (Lipinski definition) is 2. The van der Waals surface area contributed by atoms with E-state index in [0.29, 0.717) is 29.3 Å². The SMILES string of the molecule is CCN(C(=O)Cn1cc(C=O)c2cc(F)ccc21)c1ccccc1. The number of nitrogens with zero attached hydrogens (tertiary/aromatic N) is 2. The third-order valence-corrected chi connectivity index (χ3v) is 3.99. The van der Waals surface area contributed by atoms with E-state index in [1.807, 2.05) is 37.3 Å². The van der Waals surface area contributed by atoms with Crippen LogP contribution in [-0.4, -0.2) is 23.3 Å². The van der Waals surface area contributed by atoms with E-state index < -0.39 is 5.82 Å². The molecule has 24 heavy (non-hydrogen) atoms. The Morgan fingerprint density at radius 3 is 2.62 bits per heavy atom. The number of anilines is 1. The van der Waals surface area contributed by atoms with Gasteiger partial charge in [0.15, 0.2) is 6.29 Å². The maximum absolute atomic E-state index is 13.4. The van der Waals surface area contributed by atoms with Gasteiger partial charge >= 0.3 is 0 Å². The Labute approximate surface area is 139 Å². The molecule has 5 heteroatoms. The van der Waals surface area contributed by atoms with Gasteiger partial charge in [-0.15, -0.1) is 0 Å². The number of carbonyl (C=O) groups excluding carboxylic acids is 2. The average molecular weight is 324 g/mol. The molecule has 0 spiro atoms. The monoisotopic (exact) mass is 324 g/mol. The molecule has 0 unspecified atom stereocenters. The van der Waals surface area contributed by atoms with Crippen LogP contribution in [0.2, 0.25) is 0 Å². The van der Waals surface area contributed by atoms with E-state index in [4.69, 9.17) is 0 Å². The van der Waals surface area contributed by atoms with Crippen LogP contribution in [0.4, 0.5) is 10.1 Å². The lowest BCUT2D eigenvalue weighted by Gasteiger charge is -2.21. The summed E-state index contributed by atoms with van der Waals surface area (Å²) in [6.07, 6.45) is 2.27. The highest BCUT2D eigenvalue weighted by molar-refractivity contribution is 5.99. The predicted octanol–water partition coefficient (Wildman–Crippen LogP) is 3.65. The summed E-state index contributed by atoms with van der Waals surface area (Å²) in [6, 6.07) is 13.6. The van der Waals surface area contributed by atoms with Gasteiger partial charge in [-0.25, -0.2) is 4.39 Å². The van der Waals surface area contributed by atoms with Crippen LogP contribution in [0.5, 0.6) is 0 Å². The summed E-state index contributed by atoms with van der Waals surface area (Å²) in [5.41, 5.74) is 1.86. The van der Waals surface area contributed by atoms with Crippen LogP contribution in [0.3, 0.4) is 0 Å². The molecule has 0 saturated carbocycles. The molecule has 0 aliphatic carbocycles. The largest absolute Gasteiger partial charge is 0.337 e. The third kappa shape index (κ3) is 2.93. The van der Waals surface area contributed by atoms with Crippen LogP contribution in [-0.2, 0) is 11.3 Å². The molecule has 0 fully saturated rings. The highest BCUT2D eigenvalue weighted by atomic mass is 19.1. The summed E-state index contributed by atoms with van der Waals surface area (Å²) < 4.78 is 15.1. The smallest absolute Gasteiger partial charge is 0.246 e. The van der Waals surface area contributed by atoms with Gasteiger partial charge in [-0.1, -0.05) is 18.2 Å². The number of para-hydroxylation sites is 1. The van der Waals surface area contributed by atoms with Gasteiger partial charge in [-0.05, 0) is 37.3 Å². The van der Waals surface area contributed by atoms with Crippen LogP contribution in [0, 0.1) is 5.82 Å². The topological polar surface area (TPSA) is 42.3 Å². The first-order valence-electron chi connectivity index (χ1n) is 7.73. The first kappa shape index (κ1) is 15.9. The minimum atomic E-state index is -0.408. The Bertz CT molecular complexity index is 887. The van der Waals surface area contributed by atoms with Gasteiger partial charge in [-0.3, -0.25) is 9.59 Å². The van der Waals surface area contributed by atoms with E-state index in [2.05, 4.69) is 0 Å². The summed E-state index contributed by atoms with van der Waals surface area (Å²) >= 11 is 0. The maximum Gasteiger partial charge on any atom is 0.246 e. The van der Waals surface area contributed by atoms with Crippen molar-refractivity contribution in [1.82, 2.24) is 4.57 Å². The van der Waals surface area contributed by atoms with E-state index in [1.165, 1.54) is 12.1 Å². The fraction of sp³-hybridized carbons (Fsp3) is 0.158. The fourth-order valence-corrected chi connectivity index (χ4v) is 2.86. The molecule has 122 valence electrons. The van der Waals surface area contributed by atoms with Crippen molar-refractivity contribution in [2.24, 2.45) is 0 Å². The molecule has 3 rings (SSSR count). The Morgan fingerprint density at radius 1 is 1.21 bits per heavy atom. The zero-order valence-electron chi connectivity index (χ0n) is 13.3. The van der Waals surface area contributed by atoms with Crippen molar-refractivity contribution in [2.45, 2.75) is 13.5 Å². The number of carbonyl (C=O) groups is 2. The van der Waals surface area contributed by atoms with Crippen molar-refractivity contribution in [3.05, 3.63) is 66.1 Å². The van der Waals surface area contributed by atoms with E-state index in [0.717, 1.165) is 5.69 Å². The fourth-order valence-electron chi connectivity index (χ4n) is 2.86. The minimum absolute atomic E-state index is 0.0821. The van der Waals surface area contributed by atoms with E-state index in [9.17, 15) is 14.0 Å². The second-order valence-corrected chi connectivity index (χ2v) is 5.47. The zero-order valence-corrected chi connectivity index (χ0v) is 13.3. The van der Waals surface area contributed by atoms with Crippen LogP contribution in [0.15, 0.2) is 54.7 Å². The molecule has 3 aromatic rings. The normalized spacial score (nSPS) is 10.8. The summed E-state index contributed by atoms with van der Waals surface area (Å²) in [5.74, 6) is -0.503. The number of aromatic nitrogens is 1. The Balaban J connectivity index is 1.94. The lowest BCUT2D eigenvalue weighted by Crippen LogP contribution is -2.33. The molecule has 0 atom stereocenters. The van der Waals surface area contributed by atoms with Gasteiger partial charge in [0.05, 0.1) is 0 Å². The number of hydrogen-bond donors (Lipinski definition) is 0. The quantitative estimate of drug-likeness (QED) is 0.672. The zero-order chi connectivity index (χ0) is 17.1. The first-order chi connectivity index (χ1) is 11.6. The highest BCUT2D eigenvalue weighted by Gasteiger charge is 2.17. The van der Waals surface area contributed by atoms with Crippen molar-refractivity contribution < 1.29 is 14.0 Å². The number of fused-ring (bicyclic) bond motifs is 1. The first-order valence-corrected chi connectivity index (χ1v) is 7.73. The van der Waals surface area contributed by atoms with Gasteiger partial charge in [-0.2, -0.15) is 0 Å². The molecule has 0 aliphatic heterocycles. The standard InChI is InChI=1S/C19H17FN2O2/c1-2-22(16-6-4-3-5-7-16)19(24)12-21-11-14(13-23)17-10-15(20)8-9-18(17)21/h3-11,13H,2,12H2,1H3. The Morgan fingerprint density at radius 2 is 1.96 bits per heavy atom. The maximum atomic E-state index is 13.4. The Kier molecular flexibility index (Phi) is 4.42. The molecule has 4 nitrogen and oxygen atoms in total. The molecule has 0 bridgehead atoms. The molecule has 1 aromatic heterocycles. The predicted molar refractivity (Wildman–Crippen MR) is 91.8 cm³/mol. The van der Waals surface area contributed by atoms with Crippen LogP contribution in [0.25, 0.3) is 10.9 Å². The summed E-state index contributed by atoms with van der Waals surface area (Å²) in [6.45, 7) is 2.53. The van der Waals surface area contributed by atoms with Gasteiger partial charge in [0, 0.05) is 34.9 Å². The van der Waals surface area contributed by atoms with Gasteiger partial charge in [0.25, 0.3) is 0 Å². The van der Waals surface area contributed by atoms with Crippen LogP contribution in [0.1, 0.15) is 17.3 Å². The van der Waals surface area contributed by atoms with Crippen molar-refractivity contribution in [3.63, 3.8) is 0 Å². The molecule has 0 radical (unpaired) electrons. The molecule has 0 saturated heterocycles. The van der Waals surface area contributed by atoms with Gasteiger partial charge < -0.3 is 9.47 Å². The molecule has 0 aliphatic rings.